The zero-order valence-electron chi connectivity index (χ0n) is 24.3. The van der Waals surface area contributed by atoms with Gasteiger partial charge in [-0.25, -0.2) is 4.79 Å². The van der Waals surface area contributed by atoms with E-state index in [-0.39, 0.29) is 11.9 Å². The highest BCUT2D eigenvalue weighted by molar-refractivity contribution is 7.54. The Labute approximate surface area is 243 Å². The van der Waals surface area contributed by atoms with Gasteiger partial charge in [-0.15, -0.1) is 11.3 Å². The molecular formula is C30H43N2O6PS. The Bertz CT molecular complexity index is 1120. The maximum atomic E-state index is 12.0. The molecule has 0 aliphatic carbocycles. The molecule has 2 heterocycles. The molecule has 10 heteroatoms. The largest absolute Gasteiger partial charge is 0.462 e. The average Bonchev–Trinajstić information content (AvgIpc) is 3.72. The molecule has 1 aromatic heterocycles. The smallest absolute Gasteiger partial charge is 0.341 e. The summed E-state index contributed by atoms with van der Waals surface area (Å²) in [7, 11) is -0.311. The van der Waals surface area contributed by atoms with Gasteiger partial charge in [0.15, 0.2) is 8.38 Å². The molecule has 1 fully saturated rings. The van der Waals surface area contributed by atoms with Crippen molar-refractivity contribution < 1.29 is 28.9 Å². The number of carbonyl (C=O) groups is 3. The van der Waals surface area contributed by atoms with Crippen molar-refractivity contribution in [2.45, 2.75) is 47.5 Å². The molecule has 1 amide bonds. The lowest BCUT2D eigenvalue weighted by atomic mass is 10.1. The molecular weight excluding hydrogens is 547 g/mol. The lowest BCUT2D eigenvalue weighted by Crippen LogP contribution is -2.28. The minimum Gasteiger partial charge on any atom is -0.462 e. The van der Waals surface area contributed by atoms with Crippen molar-refractivity contribution in [2.75, 3.05) is 32.1 Å². The Hall–Kier alpha value is -3.10. The van der Waals surface area contributed by atoms with Crippen molar-refractivity contribution in [1.82, 2.24) is 4.90 Å². The maximum absolute atomic E-state index is 12.0. The van der Waals surface area contributed by atoms with Gasteiger partial charge in [0.25, 0.3) is 5.91 Å². The number of ether oxygens (including phenoxy) is 1. The van der Waals surface area contributed by atoms with E-state index < -0.39 is 8.38 Å². The number of hydrogen-bond donors (Lipinski definition) is 3. The molecule has 0 spiro atoms. The molecule has 0 saturated carbocycles. The van der Waals surface area contributed by atoms with Crippen molar-refractivity contribution in [3.05, 3.63) is 71.8 Å². The topological polar surface area (TPSA) is 116 Å². The number of carbonyl (C=O) groups excluding carboxylic acids is 3. The van der Waals surface area contributed by atoms with Crippen LogP contribution in [0.2, 0.25) is 0 Å². The number of thiophene rings is 1. The van der Waals surface area contributed by atoms with E-state index in [1.807, 2.05) is 77.9 Å². The van der Waals surface area contributed by atoms with E-state index in [1.165, 1.54) is 0 Å². The predicted molar refractivity (Wildman–Crippen MR) is 168 cm³/mol. The maximum Gasteiger partial charge on any atom is 0.341 e. The number of likely N-dealkylation sites (tertiary alicyclic amines) is 1. The molecule has 1 aliphatic rings. The molecule has 1 aliphatic heterocycles. The van der Waals surface area contributed by atoms with E-state index in [2.05, 4.69) is 5.32 Å². The Kier molecular flexibility index (Phi) is 20.0. The molecule has 220 valence electrons. The van der Waals surface area contributed by atoms with E-state index in [0.29, 0.717) is 23.0 Å². The molecule has 0 atom stereocenters. The van der Waals surface area contributed by atoms with Crippen molar-refractivity contribution in [2.24, 2.45) is 0 Å². The van der Waals surface area contributed by atoms with Gasteiger partial charge in [0, 0.05) is 35.9 Å². The van der Waals surface area contributed by atoms with Crippen molar-refractivity contribution in [1.29, 1.82) is 0 Å². The summed E-state index contributed by atoms with van der Waals surface area (Å²) in [5.74, 6) is -0.295. The highest BCUT2D eigenvalue weighted by Crippen LogP contribution is 2.35. The van der Waals surface area contributed by atoms with Gasteiger partial charge in [-0.05, 0) is 49.6 Å². The first-order valence-corrected chi connectivity index (χ1v) is 15.4. The molecule has 8 nitrogen and oxygen atoms in total. The molecule has 0 unspecified atom stereocenters. The molecule has 0 bridgehead atoms. The van der Waals surface area contributed by atoms with Gasteiger partial charge in [-0.1, -0.05) is 64.1 Å². The fourth-order valence-corrected chi connectivity index (χ4v) is 5.03. The second-order valence-corrected chi connectivity index (χ2v) is 9.68. The molecule has 1 saturated heterocycles. The first-order valence-electron chi connectivity index (χ1n) is 13.3. The number of anilines is 1. The van der Waals surface area contributed by atoms with Gasteiger partial charge in [0.1, 0.15) is 11.8 Å². The van der Waals surface area contributed by atoms with E-state index in [0.717, 1.165) is 41.4 Å². The average molecular weight is 591 g/mol. The highest BCUT2D eigenvalue weighted by Gasteiger charge is 2.20. The van der Waals surface area contributed by atoms with Gasteiger partial charge in [0.2, 0.25) is 0 Å². The quantitative estimate of drug-likeness (QED) is 0.226. The number of amides is 1. The fraction of sp³-hybridized carbons (Fsp3) is 0.367. The number of nitrogens with zero attached hydrogens (tertiary/aromatic N) is 1. The summed E-state index contributed by atoms with van der Waals surface area (Å²) >= 11 is 1.55. The second-order valence-electron chi connectivity index (χ2n) is 7.53. The van der Waals surface area contributed by atoms with Gasteiger partial charge in [0.05, 0.1) is 12.2 Å². The first-order chi connectivity index (χ1) is 19.4. The zero-order valence-corrected chi connectivity index (χ0v) is 26.1. The van der Waals surface area contributed by atoms with Crippen molar-refractivity contribution in [3.8, 4) is 10.4 Å². The number of esters is 1. The SMILES string of the molecule is C=O.CC.CC.CCOC(=O)c1cc(-c2ccccc2)sc1NC.O=C(c1cccc(P(O)O)c1)N1CCCC1. The van der Waals surface area contributed by atoms with Crippen LogP contribution in [-0.2, 0) is 9.53 Å². The predicted octanol–water partition coefficient (Wildman–Crippen LogP) is 6.35. The van der Waals surface area contributed by atoms with Crippen molar-refractivity contribution >= 4 is 48.7 Å². The molecule has 3 N–H and O–H groups in total. The minimum atomic E-state index is -2.12. The summed E-state index contributed by atoms with van der Waals surface area (Å²) in [6.45, 7) is 13.8. The monoisotopic (exact) mass is 590 g/mol. The summed E-state index contributed by atoms with van der Waals surface area (Å²) in [6, 6.07) is 18.4. The number of hydrogen-bond acceptors (Lipinski definition) is 8. The Morgan fingerprint density at radius 1 is 0.975 bits per heavy atom. The summed E-state index contributed by atoms with van der Waals surface area (Å²) in [5.41, 5.74) is 2.24. The number of benzene rings is 2. The summed E-state index contributed by atoms with van der Waals surface area (Å²) < 4.78 is 5.05. The van der Waals surface area contributed by atoms with Gasteiger partial charge in [-0.2, -0.15) is 0 Å². The number of nitrogens with one attached hydrogen (secondary N) is 1. The zero-order chi connectivity index (χ0) is 30.5. The summed E-state index contributed by atoms with van der Waals surface area (Å²) in [4.78, 5) is 52.8. The molecule has 40 heavy (non-hydrogen) atoms. The van der Waals surface area contributed by atoms with Gasteiger partial charge < -0.3 is 29.5 Å². The van der Waals surface area contributed by atoms with Crippen LogP contribution in [0.25, 0.3) is 10.4 Å². The van der Waals surface area contributed by atoms with Crippen LogP contribution in [0, 0.1) is 0 Å². The Balaban J connectivity index is 0.000000644. The van der Waals surface area contributed by atoms with Crippen LogP contribution in [0.4, 0.5) is 5.00 Å². The highest BCUT2D eigenvalue weighted by atomic mass is 32.1. The van der Waals surface area contributed by atoms with Crippen LogP contribution in [0.15, 0.2) is 60.7 Å². The standard InChI is InChI=1S/C14H15NO2S.C11H14NO3P.2C2H6.CH2O/c1-3-17-14(16)11-9-12(18-13(11)15-2)10-7-5-4-6-8-10;13-11(12-6-1-2-7-12)9-4-3-5-10(8-9)16(14)15;3*1-2/h4-9,15H,3H2,1-2H3;3-5,8,14-15H,1-2,6-7H2;2*1-2H3;1H2. The summed E-state index contributed by atoms with van der Waals surface area (Å²) in [6.07, 6.45) is 2.11. The van der Waals surface area contributed by atoms with E-state index in [9.17, 15) is 9.59 Å². The van der Waals surface area contributed by atoms with Gasteiger partial charge in [-0.3, -0.25) is 4.79 Å². The number of rotatable bonds is 6. The van der Waals surface area contributed by atoms with Gasteiger partial charge >= 0.3 is 5.97 Å². The van der Waals surface area contributed by atoms with E-state index in [1.54, 1.807) is 47.4 Å². The molecule has 4 rings (SSSR count). The minimum absolute atomic E-state index is 0.0174. The third kappa shape index (κ3) is 11.6. The van der Waals surface area contributed by atoms with E-state index in [4.69, 9.17) is 19.3 Å². The third-order valence-electron chi connectivity index (χ3n) is 5.23. The van der Waals surface area contributed by atoms with Crippen molar-refractivity contribution in [3.63, 3.8) is 0 Å². The third-order valence-corrected chi connectivity index (χ3v) is 7.17. The van der Waals surface area contributed by atoms with Crippen LogP contribution in [-0.4, -0.2) is 60.1 Å². The second kappa shape index (κ2) is 21.7. The first kappa shape index (κ1) is 36.9. The van der Waals surface area contributed by atoms with E-state index >= 15 is 0 Å². The fourth-order valence-electron chi connectivity index (χ4n) is 3.55. The Morgan fingerprint density at radius 3 is 2.10 bits per heavy atom. The van der Waals surface area contributed by atoms with Crippen LogP contribution in [0.5, 0.6) is 0 Å². The lowest BCUT2D eigenvalue weighted by molar-refractivity contribution is -0.0980. The van der Waals surface area contributed by atoms with Crippen LogP contribution >= 0.6 is 19.7 Å². The molecule has 2 aromatic carbocycles. The van der Waals surface area contributed by atoms with Crippen LogP contribution in [0.3, 0.4) is 0 Å². The molecule has 0 radical (unpaired) electrons. The molecule has 3 aromatic rings. The Morgan fingerprint density at radius 2 is 1.57 bits per heavy atom. The normalized spacial score (nSPS) is 11.3. The van der Waals surface area contributed by atoms with Crippen LogP contribution < -0.4 is 10.6 Å². The lowest BCUT2D eigenvalue weighted by Gasteiger charge is -2.15. The summed E-state index contributed by atoms with van der Waals surface area (Å²) in [5, 5.41) is 4.30. The van der Waals surface area contributed by atoms with Crippen LogP contribution in [0.1, 0.15) is 68.2 Å².